The van der Waals surface area contributed by atoms with E-state index in [1.807, 2.05) is 19.1 Å². The highest BCUT2D eigenvalue weighted by molar-refractivity contribution is 5.74. The number of carbonyl (C=O) groups is 1. The van der Waals surface area contributed by atoms with Gasteiger partial charge >= 0.3 is 5.97 Å². The molecule has 0 saturated heterocycles. The molecule has 20 heavy (non-hydrogen) atoms. The fraction of sp³-hybridized carbons (Fsp3) is 0.533. The molecule has 1 rings (SSSR count). The first kappa shape index (κ1) is 16.3. The van der Waals surface area contributed by atoms with Gasteiger partial charge in [0.05, 0.1) is 13.7 Å². The van der Waals surface area contributed by atoms with Crippen molar-refractivity contribution in [3.63, 3.8) is 0 Å². The summed E-state index contributed by atoms with van der Waals surface area (Å²) in [5, 5.41) is 0. The smallest absolute Gasteiger partial charge is 0.347 e. The minimum Gasteiger partial charge on any atom is -0.493 e. The summed E-state index contributed by atoms with van der Waals surface area (Å²) >= 11 is 0. The van der Waals surface area contributed by atoms with Crippen LogP contribution in [0.25, 0.3) is 0 Å². The van der Waals surface area contributed by atoms with E-state index < -0.39 is 12.1 Å². The number of hydrogen-bond acceptors (Lipinski definition) is 5. The number of hydrogen-bond donors (Lipinski definition) is 1. The van der Waals surface area contributed by atoms with Crippen LogP contribution in [0, 0.1) is 0 Å². The Morgan fingerprint density at radius 3 is 2.55 bits per heavy atom. The molecule has 0 amide bonds. The lowest BCUT2D eigenvalue weighted by atomic mass is 10.1. The zero-order valence-electron chi connectivity index (χ0n) is 12.5. The molecule has 5 nitrogen and oxygen atoms in total. The predicted molar refractivity (Wildman–Crippen MR) is 77.1 cm³/mol. The van der Waals surface area contributed by atoms with Gasteiger partial charge in [-0.3, -0.25) is 0 Å². The van der Waals surface area contributed by atoms with Gasteiger partial charge in [-0.25, -0.2) is 4.79 Å². The van der Waals surface area contributed by atoms with Crippen LogP contribution in [0.1, 0.15) is 26.3 Å². The Bertz CT molecular complexity index is 445. The monoisotopic (exact) mass is 281 g/mol. The number of nitrogens with two attached hydrogens (primary N) is 1. The van der Waals surface area contributed by atoms with Gasteiger partial charge < -0.3 is 19.9 Å². The highest BCUT2D eigenvalue weighted by atomic mass is 16.6. The molecule has 5 heteroatoms. The van der Waals surface area contributed by atoms with Crippen LogP contribution >= 0.6 is 0 Å². The number of rotatable bonds is 7. The molecule has 0 aliphatic heterocycles. The molecule has 1 aromatic carbocycles. The van der Waals surface area contributed by atoms with Crippen molar-refractivity contribution in [2.24, 2.45) is 5.73 Å². The highest BCUT2D eigenvalue weighted by Crippen LogP contribution is 2.29. The third kappa shape index (κ3) is 4.74. The Kier molecular flexibility index (Phi) is 6.31. The van der Waals surface area contributed by atoms with Crippen LogP contribution in [0.2, 0.25) is 0 Å². The van der Waals surface area contributed by atoms with Crippen LogP contribution in [-0.4, -0.2) is 31.8 Å². The van der Waals surface area contributed by atoms with Crippen LogP contribution in [0.4, 0.5) is 0 Å². The van der Waals surface area contributed by atoms with Crippen molar-refractivity contribution in [1.29, 1.82) is 0 Å². The molecule has 0 aliphatic rings. The molecular weight excluding hydrogens is 258 g/mol. The Morgan fingerprint density at radius 1 is 1.30 bits per heavy atom. The first-order chi connectivity index (χ1) is 9.47. The predicted octanol–water partition coefficient (Wildman–Crippen LogP) is 1.92. The van der Waals surface area contributed by atoms with Gasteiger partial charge in [0.15, 0.2) is 17.6 Å². The van der Waals surface area contributed by atoms with Gasteiger partial charge in [-0.15, -0.1) is 0 Å². The van der Waals surface area contributed by atoms with Crippen molar-refractivity contribution in [1.82, 2.24) is 0 Å². The van der Waals surface area contributed by atoms with Crippen molar-refractivity contribution in [3.05, 3.63) is 23.8 Å². The van der Waals surface area contributed by atoms with Gasteiger partial charge in [0.2, 0.25) is 0 Å². The molecule has 0 aromatic heterocycles. The first-order valence-electron chi connectivity index (χ1n) is 6.73. The molecule has 0 radical (unpaired) electrons. The molecule has 0 heterocycles. The van der Waals surface area contributed by atoms with E-state index >= 15 is 0 Å². The van der Waals surface area contributed by atoms with Crippen molar-refractivity contribution >= 4 is 5.97 Å². The first-order valence-corrected chi connectivity index (χ1v) is 6.73. The van der Waals surface area contributed by atoms with E-state index in [9.17, 15) is 4.79 Å². The average Bonchev–Trinajstić information content (AvgIpc) is 2.40. The minimum atomic E-state index is -0.678. The maximum atomic E-state index is 11.6. The fourth-order valence-electron chi connectivity index (χ4n) is 1.81. The molecule has 2 N–H and O–H groups in total. The molecule has 0 fully saturated rings. The molecule has 112 valence electrons. The molecule has 0 aliphatic carbocycles. The highest BCUT2D eigenvalue weighted by Gasteiger charge is 2.18. The van der Waals surface area contributed by atoms with Crippen LogP contribution in [0.15, 0.2) is 18.2 Å². The minimum absolute atomic E-state index is 0.0740. The van der Waals surface area contributed by atoms with Crippen LogP contribution in [0.5, 0.6) is 11.5 Å². The summed E-state index contributed by atoms with van der Waals surface area (Å²) in [4.78, 5) is 11.6. The normalized spacial score (nSPS) is 13.4. The van der Waals surface area contributed by atoms with Crippen LogP contribution in [-0.2, 0) is 16.0 Å². The second kappa shape index (κ2) is 7.75. The van der Waals surface area contributed by atoms with E-state index in [0.29, 0.717) is 18.1 Å². The molecule has 2 unspecified atom stereocenters. The summed E-state index contributed by atoms with van der Waals surface area (Å²) in [6.45, 7) is 5.68. The lowest BCUT2D eigenvalue weighted by Crippen LogP contribution is -2.26. The summed E-state index contributed by atoms with van der Waals surface area (Å²) in [6.07, 6.45) is 0.0764. The van der Waals surface area contributed by atoms with Crippen molar-refractivity contribution < 1.29 is 19.0 Å². The zero-order valence-corrected chi connectivity index (χ0v) is 12.5. The second-order valence-electron chi connectivity index (χ2n) is 4.68. The third-order valence-corrected chi connectivity index (χ3v) is 2.71. The Morgan fingerprint density at radius 2 is 2.00 bits per heavy atom. The van der Waals surface area contributed by atoms with Crippen molar-refractivity contribution in [2.45, 2.75) is 39.3 Å². The molecule has 2 atom stereocenters. The third-order valence-electron chi connectivity index (χ3n) is 2.71. The van der Waals surface area contributed by atoms with Crippen molar-refractivity contribution in [2.75, 3.05) is 13.7 Å². The number of methoxy groups -OCH3 is 1. The molecule has 0 bridgehead atoms. The van der Waals surface area contributed by atoms with E-state index in [1.165, 1.54) is 0 Å². The summed E-state index contributed by atoms with van der Waals surface area (Å²) in [7, 11) is 1.56. The van der Waals surface area contributed by atoms with E-state index in [2.05, 4.69) is 0 Å². The van der Waals surface area contributed by atoms with Gasteiger partial charge in [-0.2, -0.15) is 0 Å². The maximum absolute atomic E-state index is 11.6. The SMILES string of the molecule is CCOC(=O)C(C)Oc1ccc(CC(C)N)cc1OC. The largest absolute Gasteiger partial charge is 0.493 e. The Balaban J connectivity index is 2.82. The zero-order chi connectivity index (χ0) is 15.1. The van der Waals surface area contributed by atoms with Crippen molar-refractivity contribution in [3.8, 4) is 11.5 Å². The van der Waals surface area contributed by atoms with Gasteiger partial charge in [0.1, 0.15) is 0 Å². The van der Waals surface area contributed by atoms with E-state index in [-0.39, 0.29) is 6.04 Å². The topological polar surface area (TPSA) is 70.8 Å². The van der Waals surface area contributed by atoms with E-state index in [4.69, 9.17) is 19.9 Å². The van der Waals surface area contributed by atoms with Gasteiger partial charge in [-0.1, -0.05) is 6.07 Å². The number of carbonyl (C=O) groups excluding carboxylic acids is 1. The summed E-state index contributed by atoms with van der Waals surface area (Å²) < 4.78 is 15.8. The number of benzene rings is 1. The Hall–Kier alpha value is -1.75. The number of ether oxygens (including phenoxy) is 3. The summed E-state index contributed by atoms with van der Waals surface area (Å²) in [5.74, 6) is 0.704. The van der Waals surface area contributed by atoms with E-state index in [1.54, 1.807) is 27.0 Å². The average molecular weight is 281 g/mol. The Labute approximate surface area is 120 Å². The molecule has 1 aromatic rings. The second-order valence-corrected chi connectivity index (χ2v) is 4.68. The molecule has 0 saturated carbocycles. The molecular formula is C15H23NO4. The van der Waals surface area contributed by atoms with Gasteiger partial charge in [0.25, 0.3) is 0 Å². The fourth-order valence-corrected chi connectivity index (χ4v) is 1.81. The van der Waals surface area contributed by atoms with E-state index in [0.717, 1.165) is 12.0 Å². The van der Waals surface area contributed by atoms with Gasteiger partial charge in [-0.05, 0) is 44.9 Å². The van der Waals surface area contributed by atoms with Crippen LogP contribution in [0.3, 0.4) is 0 Å². The lowest BCUT2D eigenvalue weighted by molar-refractivity contribution is -0.150. The standard InChI is InChI=1S/C15H23NO4/c1-5-19-15(17)11(3)20-13-7-6-12(8-10(2)16)9-14(13)18-4/h6-7,9-11H,5,8,16H2,1-4H3. The summed E-state index contributed by atoms with van der Waals surface area (Å²) in [5.41, 5.74) is 6.84. The lowest BCUT2D eigenvalue weighted by Gasteiger charge is -2.16. The van der Waals surface area contributed by atoms with Crippen LogP contribution < -0.4 is 15.2 Å². The quantitative estimate of drug-likeness (QED) is 0.773. The number of esters is 1. The molecule has 0 spiro atoms. The maximum Gasteiger partial charge on any atom is 0.347 e. The summed E-state index contributed by atoms with van der Waals surface area (Å²) in [6, 6.07) is 5.65. The van der Waals surface area contributed by atoms with Gasteiger partial charge in [0, 0.05) is 6.04 Å².